The molecule has 6 heteroatoms. The van der Waals surface area contributed by atoms with Gasteiger partial charge < -0.3 is 9.80 Å². The quantitative estimate of drug-likeness (QED) is 0.565. The Morgan fingerprint density at radius 3 is 2.47 bits per heavy atom. The minimum atomic E-state index is -0.0110. The van der Waals surface area contributed by atoms with E-state index in [4.69, 9.17) is 0 Å². The molecule has 5 nitrogen and oxygen atoms in total. The van der Waals surface area contributed by atoms with Crippen LogP contribution in [0, 0.1) is 6.92 Å². The summed E-state index contributed by atoms with van der Waals surface area (Å²) in [7, 11) is 0. The highest BCUT2D eigenvalue weighted by Gasteiger charge is 2.34. The first-order chi connectivity index (χ1) is 16.5. The number of hydrogen-bond donors (Lipinski definition) is 0. The van der Waals surface area contributed by atoms with Crippen molar-refractivity contribution < 1.29 is 9.59 Å². The molecule has 2 aliphatic rings. The second-order valence-corrected chi connectivity index (χ2v) is 10.4. The lowest BCUT2D eigenvalue weighted by molar-refractivity contribution is -0.135. The SMILES string of the molecule is Cc1ccc(C2c3ccsc3CCN2CC(=O)N2CCN(C(=O)c3ccccc3)C(C)C2)cc1. The predicted octanol–water partition coefficient (Wildman–Crippen LogP) is 4.38. The fraction of sp³-hybridized carbons (Fsp3) is 0.357. The third kappa shape index (κ3) is 4.52. The van der Waals surface area contributed by atoms with Crippen molar-refractivity contribution in [2.75, 3.05) is 32.7 Å². The standard InChI is InChI=1S/C28H31N3O2S/c1-20-8-10-22(11-9-20)27-24-13-17-34-25(24)12-14-30(27)19-26(32)29-15-16-31(21(2)18-29)28(33)23-6-4-3-5-7-23/h3-11,13,17,21,27H,12,14-16,18-19H2,1-2H3. The normalized spacial score (nSPS) is 20.8. The van der Waals surface area contributed by atoms with Crippen molar-refractivity contribution in [1.82, 2.24) is 14.7 Å². The molecule has 2 aromatic carbocycles. The highest BCUT2D eigenvalue weighted by molar-refractivity contribution is 7.10. The van der Waals surface area contributed by atoms with Gasteiger partial charge in [-0.1, -0.05) is 48.0 Å². The molecule has 2 unspecified atom stereocenters. The first-order valence-corrected chi connectivity index (χ1v) is 12.9. The Morgan fingerprint density at radius 2 is 1.74 bits per heavy atom. The van der Waals surface area contributed by atoms with E-state index < -0.39 is 0 Å². The number of piperazine rings is 1. The van der Waals surface area contributed by atoms with E-state index in [2.05, 4.69) is 47.5 Å². The highest BCUT2D eigenvalue weighted by atomic mass is 32.1. The fourth-order valence-electron chi connectivity index (χ4n) is 5.18. The molecule has 3 heterocycles. The highest BCUT2D eigenvalue weighted by Crippen LogP contribution is 2.37. The van der Waals surface area contributed by atoms with Crippen LogP contribution in [0.1, 0.15) is 44.9 Å². The summed E-state index contributed by atoms with van der Waals surface area (Å²) in [6, 6.07) is 20.4. The molecule has 2 aliphatic heterocycles. The lowest BCUT2D eigenvalue weighted by Gasteiger charge is -2.42. The Hall–Kier alpha value is -2.96. The molecular weight excluding hydrogens is 442 g/mol. The number of thiophene rings is 1. The molecule has 0 N–H and O–H groups in total. The molecular formula is C28H31N3O2S. The van der Waals surface area contributed by atoms with Gasteiger partial charge in [0.1, 0.15) is 0 Å². The van der Waals surface area contributed by atoms with E-state index >= 15 is 0 Å². The molecule has 3 aromatic rings. The lowest BCUT2D eigenvalue weighted by Crippen LogP contribution is -2.57. The molecule has 0 bridgehead atoms. The van der Waals surface area contributed by atoms with Crippen LogP contribution in [0.5, 0.6) is 0 Å². The van der Waals surface area contributed by atoms with Gasteiger partial charge in [0.05, 0.1) is 12.6 Å². The zero-order valence-corrected chi connectivity index (χ0v) is 20.6. The summed E-state index contributed by atoms with van der Waals surface area (Å²) >= 11 is 1.82. The van der Waals surface area contributed by atoms with Crippen molar-refractivity contribution >= 4 is 23.2 Å². The maximum Gasteiger partial charge on any atom is 0.254 e. The van der Waals surface area contributed by atoms with Crippen molar-refractivity contribution in [3.63, 3.8) is 0 Å². The van der Waals surface area contributed by atoms with E-state index in [0.29, 0.717) is 31.7 Å². The van der Waals surface area contributed by atoms with E-state index in [1.165, 1.54) is 21.6 Å². The molecule has 0 spiro atoms. The lowest BCUT2D eigenvalue weighted by atomic mass is 9.92. The average molecular weight is 474 g/mol. The largest absolute Gasteiger partial charge is 0.338 e. The van der Waals surface area contributed by atoms with E-state index in [9.17, 15) is 9.59 Å². The number of rotatable bonds is 4. The van der Waals surface area contributed by atoms with Crippen LogP contribution in [0.25, 0.3) is 0 Å². The number of aryl methyl sites for hydroxylation is 1. The van der Waals surface area contributed by atoms with Crippen molar-refractivity contribution in [3.05, 3.63) is 93.2 Å². The number of carbonyl (C=O) groups is 2. The van der Waals surface area contributed by atoms with E-state index in [-0.39, 0.29) is 23.9 Å². The summed E-state index contributed by atoms with van der Waals surface area (Å²) in [6.07, 6.45) is 0.985. The van der Waals surface area contributed by atoms with Gasteiger partial charge in [0, 0.05) is 42.7 Å². The number of benzene rings is 2. The van der Waals surface area contributed by atoms with Gasteiger partial charge >= 0.3 is 0 Å². The van der Waals surface area contributed by atoms with Crippen LogP contribution >= 0.6 is 11.3 Å². The summed E-state index contributed by atoms with van der Waals surface area (Å²) in [6.45, 7) is 7.13. The van der Waals surface area contributed by atoms with Crippen LogP contribution in [-0.2, 0) is 11.2 Å². The van der Waals surface area contributed by atoms with Gasteiger partial charge in [-0.05, 0) is 55.0 Å². The van der Waals surface area contributed by atoms with Crippen LogP contribution in [0.4, 0.5) is 0 Å². The minimum Gasteiger partial charge on any atom is -0.338 e. The summed E-state index contributed by atoms with van der Waals surface area (Å²) in [5.74, 6) is 0.190. The molecule has 1 aromatic heterocycles. The maximum atomic E-state index is 13.4. The topological polar surface area (TPSA) is 43.9 Å². The summed E-state index contributed by atoms with van der Waals surface area (Å²) in [4.78, 5) is 33.9. The van der Waals surface area contributed by atoms with Crippen molar-refractivity contribution in [2.24, 2.45) is 0 Å². The van der Waals surface area contributed by atoms with Gasteiger partial charge in [-0.3, -0.25) is 14.5 Å². The molecule has 5 rings (SSSR count). The van der Waals surface area contributed by atoms with Crippen LogP contribution in [0.2, 0.25) is 0 Å². The van der Waals surface area contributed by atoms with E-state index in [0.717, 1.165) is 13.0 Å². The number of amides is 2. The number of carbonyl (C=O) groups excluding carboxylic acids is 2. The molecule has 176 valence electrons. The van der Waals surface area contributed by atoms with Gasteiger partial charge in [-0.15, -0.1) is 11.3 Å². The summed E-state index contributed by atoms with van der Waals surface area (Å²) < 4.78 is 0. The Morgan fingerprint density at radius 1 is 0.971 bits per heavy atom. The Labute approximate surface area is 205 Å². The Balaban J connectivity index is 1.28. The smallest absolute Gasteiger partial charge is 0.254 e. The van der Waals surface area contributed by atoms with Crippen LogP contribution in [0.3, 0.4) is 0 Å². The number of fused-ring (bicyclic) bond motifs is 1. The zero-order chi connectivity index (χ0) is 23.7. The second kappa shape index (κ2) is 9.72. The van der Waals surface area contributed by atoms with Crippen LogP contribution in [-0.4, -0.2) is 65.3 Å². The van der Waals surface area contributed by atoms with Crippen LogP contribution in [0.15, 0.2) is 66.0 Å². The molecule has 1 fully saturated rings. The first-order valence-electron chi connectivity index (χ1n) is 12.0. The molecule has 2 atom stereocenters. The van der Waals surface area contributed by atoms with Crippen molar-refractivity contribution in [2.45, 2.75) is 32.4 Å². The summed E-state index contributed by atoms with van der Waals surface area (Å²) in [5.41, 5.74) is 4.52. The van der Waals surface area contributed by atoms with Gasteiger partial charge in [0.2, 0.25) is 5.91 Å². The molecule has 34 heavy (non-hydrogen) atoms. The average Bonchev–Trinajstić information content (AvgIpc) is 3.33. The number of hydrogen-bond acceptors (Lipinski definition) is 4. The van der Waals surface area contributed by atoms with Crippen molar-refractivity contribution in [3.8, 4) is 0 Å². The predicted molar refractivity (Wildman–Crippen MR) is 136 cm³/mol. The fourth-order valence-corrected chi connectivity index (χ4v) is 6.09. The zero-order valence-electron chi connectivity index (χ0n) is 19.8. The second-order valence-electron chi connectivity index (χ2n) is 9.39. The maximum absolute atomic E-state index is 13.4. The Kier molecular flexibility index (Phi) is 6.53. The first kappa shape index (κ1) is 22.8. The Bertz CT molecular complexity index is 1160. The van der Waals surface area contributed by atoms with Gasteiger partial charge in [-0.2, -0.15) is 0 Å². The molecule has 1 saturated heterocycles. The van der Waals surface area contributed by atoms with Crippen LogP contribution < -0.4 is 0 Å². The third-order valence-corrected chi connectivity index (χ3v) is 8.06. The van der Waals surface area contributed by atoms with Gasteiger partial charge in [0.15, 0.2) is 0 Å². The molecule has 0 saturated carbocycles. The molecule has 2 amide bonds. The number of nitrogens with zero attached hydrogens (tertiary/aromatic N) is 3. The van der Waals surface area contributed by atoms with Gasteiger partial charge in [-0.25, -0.2) is 0 Å². The van der Waals surface area contributed by atoms with E-state index in [1.807, 2.05) is 58.4 Å². The summed E-state index contributed by atoms with van der Waals surface area (Å²) in [5, 5.41) is 2.17. The third-order valence-electron chi connectivity index (χ3n) is 7.06. The monoisotopic (exact) mass is 473 g/mol. The van der Waals surface area contributed by atoms with E-state index in [1.54, 1.807) is 0 Å². The minimum absolute atomic E-state index is 0.0110. The molecule has 0 aliphatic carbocycles. The molecule has 0 radical (unpaired) electrons. The van der Waals surface area contributed by atoms with Crippen molar-refractivity contribution in [1.29, 1.82) is 0 Å². The van der Waals surface area contributed by atoms with Gasteiger partial charge in [0.25, 0.3) is 5.91 Å².